The van der Waals surface area contributed by atoms with Gasteiger partial charge in [0.05, 0.1) is 5.69 Å². The van der Waals surface area contributed by atoms with Crippen molar-refractivity contribution in [3.05, 3.63) is 51.6 Å². The summed E-state index contributed by atoms with van der Waals surface area (Å²) in [6.45, 7) is 4.95. The Hall–Kier alpha value is -2.08. The highest BCUT2D eigenvalue weighted by Gasteiger charge is 2.14. The Balaban J connectivity index is 2.08. The second-order valence-electron chi connectivity index (χ2n) is 5.73. The summed E-state index contributed by atoms with van der Waals surface area (Å²) in [5, 5.41) is 8.12. The van der Waals surface area contributed by atoms with E-state index in [1.807, 2.05) is 37.5 Å². The molecular formula is C17H23ClFN5. The SMILES string of the molecule is CN=C(NCc1c(C)nn(C)c1C)N(C)Cc1c(F)cccc1Cl. The van der Waals surface area contributed by atoms with Gasteiger partial charge in [0.15, 0.2) is 5.96 Å². The van der Waals surface area contributed by atoms with E-state index in [1.165, 1.54) is 6.07 Å². The lowest BCUT2D eigenvalue weighted by atomic mass is 10.2. The number of aryl methyl sites for hydroxylation is 2. The maximum absolute atomic E-state index is 14.0. The van der Waals surface area contributed by atoms with Crippen molar-refractivity contribution in [2.45, 2.75) is 26.9 Å². The van der Waals surface area contributed by atoms with E-state index >= 15 is 0 Å². The number of hydrogen-bond donors (Lipinski definition) is 1. The minimum absolute atomic E-state index is 0.316. The van der Waals surface area contributed by atoms with E-state index in [-0.39, 0.29) is 5.82 Å². The number of halogens is 2. The fourth-order valence-electron chi connectivity index (χ4n) is 2.62. The molecular weight excluding hydrogens is 329 g/mol. The zero-order valence-corrected chi connectivity index (χ0v) is 15.4. The summed E-state index contributed by atoms with van der Waals surface area (Å²) >= 11 is 6.10. The Morgan fingerprint density at radius 3 is 2.62 bits per heavy atom. The lowest BCUT2D eigenvalue weighted by Crippen LogP contribution is -2.38. The molecule has 0 fully saturated rings. The predicted octanol–water partition coefficient (Wildman–Crippen LogP) is 3.04. The van der Waals surface area contributed by atoms with Gasteiger partial charge in [-0.25, -0.2) is 4.39 Å². The number of aliphatic imine (C=N–C) groups is 1. The molecule has 0 saturated carbocycles. The molecule has 0 atom stereocenters. The molecule has 1 heterocycles. The first kappa shape index (κ1) is 18.3. The summed E-state index contributed by atoms with van der Waals surface area (Å²) in [5.41, 5.74) is 3.68. The molecule has 24 heavy (non-hydrogen) atoms. The van der Waals surface area contributed by atoms with E-state index in [0.29, 0.717) is 29.6 Å². The van der Waals surface area contributed by atoms with Crippen LogP contribution >= 0.6 is 11.6 Å². The Bertz CT molecular complexity index is 733. The number of benzene rings is 1. The van der Waals surface area contributed by atoms with Crippen LogP contribution in [-0.2, 0) is 20.1 Å². The van der Waals surface area contributed by atoms with Crippen LogP contribution in [0.15, 0.2) is 23.2 Å². The van der Waals surface area contributed by atoms with E-state index < -0.39 is 0 Å². The minimum atomic E-state index is -0.316. The van der Waals surface area contributed by atoms with Gasteiger partial charge in [0.1, 0.15) is 5.82 Å². The third-order valence-corrected chi connectivity index (χ3v) is 4.47. The third-order valence-electron chi connectivity index (χ3n) is 4.11. The van der Waals surface area contributed by atoms with Gasteiger partial charge in [-0.1, -0.05) is 17.7 Å². The molecule has 1 aromatic carbocycles. The second-order valence-corrected chi connectivity index (χ2v) is 6.14. The minimum Gasteiger partial charge on any atom is -0.352 e. The fourth-order valence-corrected chi connectivity index (χ4v) is 2.84. The average Bonchev–Trinajstić information content (AvgIpc) is 2.77. The van der Waals surface area contributed by atoms with Crippen molar-refractivity contribution in [3.63, 3.8) is 0 Å². The van der Waals surface area contributed by atoms with E-state index in [4.69, 9.17) is 11.6 Å². The molecule has 130 valence electrons. The van der Waals surface area contributed by atoms with Crippen molar-refractivity contribution in [2.75, 3.05) is 14.1 Å². The van der Waals surface area contributed by atoms with Crippen LogP contribution in [0.5, 0.6) is 0 Å². The molecule has 0 aliphatic heterocycles. The standard InChI is InChI=1S/C17H23ClFN5/c1-11-13(12(2)24(5)22-11)9-21-17(20-3)23(4)10-14-15(18)7-6-8-16(14)19/h6-8H,9-10H2,1-5H3,(H,20,21). The molecule has 0 amide bonds. The highest BCUT2D eigenvalue weighted by molar-refractivity contribution is 6.31. The van der Waals surface area contributed by atoms with Crippen LogP contribution in [-0.4, -0.2) is 34.7 Å². The Morgan fingerprint density at radius 1 is 1.38 bits per heavy atom. The van der Waals surface area contributed by atoms with Crippen LogP contribution in [0.3, 0.4) is 0 Å². The Labute approximate surface area is 147 Å². The van der Waals surface area contributed by atoms with Gasteiger partial charge in [-0.15, -0.1) is 0 Å². The van der Waals surface area contributed by atoms with Crippen LogP contribution in [0.4, 0.5) is 4.39 Å². The van der Waals surface area contributed by atoms with Crippen molar-refractivity contribution in [2.24, 2.45) is 12.0 Å². The topological polar surface area (TPSA) is 45.5 Å². The summed E-state index contributed by atoms with van der Waals surface area (Å²) in [6.07, 6.45) is 0. The average molecular weight is 352 g/mol. The van der Waals surface area contributed by atoms with Gasteiger partial charge in [-0.2, -0.15) is 5.10 Å². The molecule has 1 aromatic heterocycles. The zero-order chi connectivity index (χ0) is 17.9. The predicted molar refractivity (Wildman–Crippen MR) is 95.8 cm³/mol. The number of hydrogen-bond acceptors (Lipinski definition) is 2. The first-order valence-corrected chi connectivity index (χ1v) is 8.06. The molecule has 1 N–H and O–H groups in total. The smallest absolute Gasteiger partial charge is 0.193 e. The molecule has 0 aliphatic carbocycles. The molecule has 0 unspecified atom stereocenters. The quantitative estimate of drug-likeness (QED) is 0.680. The maximum atomic E-state index is 14.0. The highest BCUT2D eigenvalue weighted by Crippen LogP contribution is 2.20. The Kier molecular flexibility index (Phi) is 5.83. The van der Waals surface area contributed by atoms with Gasteiger partial charge in [0.25, 0.3) is 0 Å². The van der Waals surface area contributed by atoms with E-state index in [1.54, 1.807) is 19.2 Å². The summed E-state index contributed by atoms with van der Waals surface area (Å²) in [7, 11) is 5.47. The summed E-state index contributed by atoms with van der Waals surface area (Å²) in [4.78, 5) is 6.10. The highest BCUT2D eigenvalue weighted by atomic mass is 35.5. The number of nitrogens with one attached hydrogen (secondary N) is 1. The molecule has 0 aliphatic rings. The number of nitrogens with zero attached hydrogens (tertiary/aromatic N) is 4. The first-order chi connectivity index (χ1) is 11.3. The van der Waals surface area contributed by atoms with Crippen LogP contribution in [0.1, 0.15) is 22.5 Å². The molecule has 2 aromatic rings. The Morgan fingerprint density at radius 2 is 2.08 bits per heavy atom. The number of rotatable bonds is 4. The molecule has 5 nitrogen and oxygen atoms in total. The molecule has 2 rings (SSSR count). The fraction of sp³-hybridized carbons (Fsp3) is 0.412. The lowest BCUT2D eigenvalue weighted by Gasteiger charge is -2.23. The van der Waals surface area contributed by atoms with E-state index in [2.05, 4.69) is 15.4 Å². The largest absolute Gasteiger partial charge is 0.352 e. The normalized spacial score (nSPS) is 11.7. The van der Waals surface area contributed by atoms with E-state index in [0.717, 1.165) is 17.0 Å². The molecule has 0 spiro atoms. The molecule has 0 radical (unpaired) electrons. The second kappa shape index (κ2) is 7.66. The van der Waals surface area contributed by atoms with E-state index in [9.17, 15) is 4.39 Å². The first-order valence-electron chi connectivity index (χ1n) is 7.68. The van der Waals surface area contributed by atoms with Gasteiger partial charge in [-0.3, -0.25) is 9.67 Å². The number of aromatic nitrogens is 2. The van der Waals surface area contributed by atoms with Crippen LogP contribution in [0.2, 0.25) is 5.02 Å². The lowest BCUT2D eigenvalue weighted by molar-refractivity contribution is 0.460. The molecule has 0 saturated heterocycles. The van der Waals surface area contributed by atoms with Gasteiger partial charge in [-0.05, 0) is 26.0 Å². The third kappa shape index (κ3) is 3.87. The van der Waals surface area contributed by atoms with Crippen molar-refractivity contribution in [1.82, 2.24) is 20.0 Å². The summed E-state index contributed by atoms with van der Waals surface area (Å²) in [6, 6.07) is 4.70. The summed E-state index contributed by atoms with van der Waals surface area (Å²) in [5.74, 6) is 0.348. The van der Waals surface area contributed by atoms with Crippen LogP contribution in [0, 0.1) is 19.7 Å². The van der Waals surface area contributed by atoms with Crippen LogP contribution in [0.25, 0.3) is 0 Å². The van der Waals surface area contributed by atoms with Gasteiger partial charge >= 0.3 is 0 Å². The zero-order valence-electron chi connectivity index (χ0n) is 14.7. The van der Waals surface area contributed by atoms with Gasteiger partial charge in [0, 0.05) is 56.1 Å². The van der Waals surface area contributed by atoms with Crippen molar-refractivity contribution in [1.29, 1.82) is 0 Å². The van der Waals surface area contributed by atoms with Crippen molar-refractivity contribution in [3.8, 4) is 0 Å². The monoisotopic (exact) mass is 351 g/mol. The molecule has 7 heteroatoms. The van der Waals surface area contributed by atoms with Crippen LogP contribution < -0.4 is 5.32 Å². The van der Waals surface area contributed by atoms with Crippen molar-refractivity contribution >= 4 is 17.6 Å². The maximum Gasteiger partial charge on any atom is 0.193 e. The number of guanidine groups is 1. The van der Waals surface area contributed by atoms with Gasteiger partial charge in [0.2, 0.25) is 0 Å². The molecule has 0 bridgehead atoms. The van der Waals surface area contributed by atoms with Crippen molar-refractivity contribution < 1.29 is 4.39 Å². The van der Waals surface area contributed by atoms with Gasteiger partial charge < -0.3 is 10.2 Å². The summed E-state index contributed by atoms with van der Waals surface area (Å²) < 4.78 is 15.8.